The molecule has 0 radical (unpaired) electrons. The number of rotatable bonds is 0. The predicted molar refractivity (Wildman–Crippen MR) is 91.6 cm³/mol. The summed E-state index contributed by atoms with van der Waals surface area (Å²) in [7, 11) is 0. The summed E-state index contributed by atoms with van der Waals surface area (Å²) < 4.78 is 0. The molecule has 0 aromatic heterocycles. The first kappa shape index (κ1) is 16.1. The fourth-order valence-electron chi connectivity index (χ4n) is 7.34. The Hall–Kier alpha value is 0.250. The Kier molecular flexibility index (Phi) is 4.15. The van der Waals surface area contributed by atoms with Gasteiger partial charge in [0.15, 0.2) is 0 Å². The lowest BCUT2D eigenvalue weighted by Gasteiger charge is -2.60. The molecule has 0 saturated heterocycles. The second-order valence-corrected chi connectivity index (χ2v) is 9.13. The van der Waals surface area contributed by atoms with Gasteiger partial charge in [-0.1, -0.05) is 26.7 Å². The van der Waals surface area contributed by atoms with Crippen molar-refractivity contribution >= 4 is 12.4 Å². The second kappa shape index (κ2) is 5.41. The molecule has 122 valence electrons. The molecule has 4 saturated carbocycles. The van der Waals surface area contributed by atoms with Crippen LogP contribution in [0.15, 0.2) is 0 Å². The van der Waals surface area contributed by atoms with E-state index in [-0.39, 0.29) is 12.4 Å². The zero-order chi connectivity index (χ0) is 14.0. The Morgan fingerprint density at radius 2 is 1.52 bits per heavy atom. The third kappa shape index (κ3) is 2.13. The van der Waals surface area contributed by atoms with Crippen molar-refractivity contribution in [2.45, 2.75) is 84.1 Å². The zero-order valence-electron chi connectivity index (χ0n) is 13.9. The van der Waals surface area contributed by atoms with Crippen molar-refractivity contribution in [2.24, 2.45) is 40.2 Å². The molecule has 4 aliphatic carbocycles. The molecular weight excluding hydrogens is 278 g/mol. The van der Waals surface area contributed by atoms with Crippen molar-refractivity contribution in [3.8, 4) is 0 Å². The molecule has 4 rings (SSSR count). The van der Waals surface area contributed by atoms with Crippen LogP contribution in [0.3, 0.4) is 0 Å². The third-order valence-electron chi connectivity index (χ3n) is 8.66. The van der Waals surface area contributed by atoms with E-state index in [2.05, 4.69) is 13.8 Å². The van der Waals surface area contributed by atoms with E-state index in [1.807, 2.05) is 0 Å². The molecule has 1 nitrogen and oxygen atoms in total. The highest BCUT2D eigenvalue weighted by Gasteiger charge is 2.58. The van der Waals surface area contributed by atoms with E-state index in [0.29, 0.717) is 16.9 Å². The van der Waals surface area contributed by atoms with Crippen LogP contribution in [0.25, 0.3) is 0 Å². The molecule has 0 bridgehead atoms. The Morgan fingerprint density at radius 1 is 0.762 bits per heavy atom. The normalized spacial score (nSPS) is 55.9. The van der Waals surface area contributed by atoms with Crippen LogP contribution in [0, 0.1) is 34.5 Å². The average molecular weight is 312 g/mol. The predicted octanol–water partition coefficient (Wildman–Crippen LogP) is 5.17. The van der Waals surface area contributed by atoms with Crippen molar-refractivity contribution < 1.29 is 0 Å². The summed E-state index contributed by atoms with van der Waals surface area (Å²) in [5.74, 6) is 4.06. The van der Waals surface area contributed by atoms with Crippen molar-refractivity contribution in [3.63, 3.8) is 0 Å². The van der Waals surface area contributed by atoms with Gasteiger partial charge in [0, 0.05) is 6.04 Å². The van der Waals surface area contributed by atoms with Crippen molar-refractivity contribution in [1.29, 1.82) is 0 Å². The standard InChI is InChI=1S/C19H33N.ClH/c1-18-11-4-3-5-13(18)6-7-14-15-8-9-17(20)19(15,2)12-10-16(14)18;/h13-17H,3-12,20H2,1-2H3;1H/t13?,14-,15-,16+,17?,18-,19-;/m0./s1. The summed E-state index contributed by atoms with van der Waals surface area (Å²) in [5, 5.41) is 0. The summed E-state index contributed by atoms with van der Waals surface area (Å²) in [5.41, 5.74) is 7.69. The molecule has 2 N–H and O–H groups in total. The lowest BCUT2D eigenvalue weighted by molar-refractivity contribution is -0.105. The van der Waals surface area contributed by atoms with Gasteiger partial charge in [0.1, 0.15) is 0 Å². The molecule has 2 heteroatoms. The smallest absolute Gasteiger partial charge is 0.00957 e. The summed E-state index contributed by atoms with van der Waals surface area (Å²) in [4.78, 5) is 0. The zero-order valence-corrected chi connectivity index (χ0v) is 14.8. The summed E-state index contributed by atoms with van der Waals surface area (Å²) in [6.07, 6.45) is 14.7. The average Bonchev–Trinajstić information content (AvgIpc) is 2.74. The maximum Gasteiger partial charge on any atom is 0.00957 e. The van der Waals surface area contributed by atoms with Crippen LogP contribution in [0.2, 0.25) is 0 Å². The molecule has 7 atom stereocenters. The van der Waals surface area contributed by atoms with Crippen LogP contribution < -0.4 is 5.73 Å². The maximum atomic E-state index is 6.51. The minimum Gasteiger partial charge on any atom is -0.327 e. The van der Waals surface area contributed by atoms with Gasteiger partial charge >= 0.3 is 0 Å². The van der Waals surface area contributed by atoms with E-state index in [1.54, 1.807) is 0 Å². The molecule has 0 amide bonds. The molecule has 2 unspecified atom stereocenters. The van der Waals surface area contributed by atoms with Crippen LogP contribution in [0.5, 0.6) is 0 Å². The van der Waals surface area contributed by atoms with Crippen LogP contribution in [-0.4, -0.2) is 6.04 Å². The molecular formula is C19H34ClN. The summed E-state index contributed by atoms with van der Waals surface area (Å²) in [6.45, 7) is 5.20. The maximum absolute atomic E-state index is 6.51. The molecule has 0 aromatic rings. The molecule has 0 heterocycles. The minimum absolute atomic E-state index is 0. The Morgan fingerprint density at radius 3 is 2.33 bits per heavy atom. The highest BCUT2D eigenvalue weighted by atomic mass is 35.5. The molecule has 0 aliphatic heterocycles. The van der Waals surface area contributed by atoms with Gasteiger partial charge in [0.25, 0.3) is 0 Å². The fraction of sp³-hybridized carbons (Fsp3) is 1.00. The van der Waals surface area contributed by atoms with Gasteiger partial charge in [0.2, 0.25) is 0 Å². The fourth-order valence-corrected chi connectivity index (χ4v) is 7.34. The molecule has 0 aromatic carbocycles. The molecule has 0 spiro atoms. The third-order valence-corrected chi connectivity index (χ3v) is 8.66. The van der Waals surface area contributed by atoms with Gasteiger partial charge in [-0.15, -0.1) is 12.4 Å². The monoisotopic (exact) mass is 311 g/mol. The Bertz CT molecular complexity index is 397. The highest BCUT2D eigenvalue weighted by molar-refractivity contribution is 5.85. The molecule has 21 heavy (non-hydrogen) atoms. The Balaban J connectivity index is 0.00000132. The highest BCUT2D eigenvalue weighted by Crippen LogP contribution is 2.65. The topological polar surface area (TPSA) is 26.0 Å². The van der Waals surface area contributed by atoms with Gasteiger partial charge in [-0.2, -0.15) is 0 Å². The summed E-state index contributed by atoms with van der Waals surface area (Å²) >= 11 is 0. The van der Waals surface area contributed by atoms with E-state index in [1.165, 1.54) is 64.2 Å². The lowest BCUT2D eigenvalue weighted by Crippen LogP contribution is -2.54. The van der Waals surface area contributed by atoms with Gasteiger partial charge in [-0.25, -0.2) is 0 Å². The Labute approximate surface area is 137 Å². The van der Waals surface area contributed by atoms with E-state index >= 15 is 0 Å². The molecule has 4 aliphatic rings. The number of halogens is 1. The van der Waals surface area contributed by atoms with E-state index in [4.69, 9.17) is 5.73 Å². The van der Waals surface area contributed by atoms with Crippen LogP contribution in [-0.2, 0) is 0 Å². The van der Waals surface area contributed by atoms with Crippen LogP contribution >= 0.6 is 12.4 Å². The van der Waals surface area contributed by atoms with Crippen molar-refractivity contribution in [2.75, 3.05) is 0 Å². The quantitative estimate of drug-likeness (QED) is 0.656. The first-order valence-electron chi connectivity index (χ1n) is 9.31. The van der Waals surface area contributed by atoms with Crippen molar-refractivity contribution in [1.82, 2.24) is 0 Å². The van der Waals surface area contributed by atoms with E-state index < -0.39 is 0 Å². The van der Waals surface area contributed by atoms with E-state index in [9.17, 15) is 0 Å². The van der Waals surface area contributed by atoms with Gasteiger partial charge < -0.3 is 5.73 Å². The van der Waals surface area contributed by atoms with Gasteiger partial charge in [0.05, 0.1) is 0 Å². The first-order valence-corrected chi connectivity index (χ1v) is 9.31. The van der Waals surface area contributed by atoms with Crippen LogP contribution in [0.1, 0.15) is 78.1 Å². The largest absolute Gasteiger partial charge is 0.327 e. The second-order valence-electron chi connectivity index (χ2n) is 9.13. The lowest BCUT2D eigenvalue weighted by atomic mass is 9.45. The van der Waals surface area contributed by atoms with Gasteiger partial charge in [-0.05, 0) is 85.9 Å². The minimum atomic E-state index is 0. The number of nitrogens with two attached hydrogens (primary N) is 1. The SMILES string of the molecule is C[C@]12CCCCC1CC[C@@H]1[C@H]2CC[C@]2(C)C(N)CC[C@@H]12.Cl. The van der Waals surface area contributed by atoms with Crippen molar-refractivity contribution in [3.05, 3.63) is 0 Å². The van der Waals surface area contributed by atoms with Crippen LogP contribution in [0.4, 0.5) is 0 Å². The number of hydrogen-bond acceptors (Lipinski definition) is 1. The first-order chi connectivity index (χ1) is 9.56. The van der Waals surface area contributed by atoms with E-state index in [0.717, 1.165) is 23.7 Å². The summed E-state index contributed by atoms with van der Waals surface area (Å²) in [6, 6.07) is 0.491. The number of hydrogen-bond donors (Lipinski definition) is 1. The molecule has 4 fully saturated rings. The van der Waals surface area contributed by atoms with Gasteiger partial charge in [-0.3, -0.25) is 0 Å². The number of fused-ring (bicyclic) bond motifs is 5.